The summed E-state index contributed by atoms with van der Waals surface area (Å²) >= 11 is 7.04. The highest BCUT2D eigenvalue weighted by atomic mass is 32.2. The van der Waals surface area contributed by atoms with E-state index >= 15 is 0 Å². The average Bonchev–Trinajstić information content (AvgIpc) is 2.39. The summed E-state index contributed by atoms with van der Waals surface area (Å²) in [6.07, 6.45) is 4.50. The molecule has 1 aromatic rings. The number of thioether (sulfide) groups is 1. The molecule has 0 saturated carbocycles. The van der Waals surface area contributed by atoms with Gasteiger partial charge in [0.25, 0.3) is 0 Å². The standard InChI is InChI=1S/C11H16N4S2/c1-2-8-7-15(5-6-17-8)11-9(10(12)16)13-3-4-14-11/h3-4,8H,2,5-7H2,1H3,(H2,12,16). The monoisotopic (exact) mass is 268 g/mol. The molecular formula is C11H16N4S2. The van der Waals surface area contributed by atoms with E-state index in [0.717, 1.165) is 24.7 Å². The fourth-order valence-electron chi connectivity index (χ4n) is 1.89. The summed E-state index contributed by atoms with van der Waals surface area (Å²) in [4.78, 5) is 11.2. The first-order valence-electron chi connectivity index (χ1n) is 5.69. The number of nitrogens with zero attached hydrogens (tertiary/aromatic N) is 3. The lowest BCUT2D eigenvalue weighted by atomic mass is 10.2. The lowest BCUT2D eigenvalue weighted by molar-refractivity contribution is 0.717. The molecule has 0 bridgehead atoms. The zero-order chi connectivity index (χ0) is 12.3. The van der Waals surface area contributed by atoms with Gasteiger partial charge in [-0.1, -0.05) is 19.1 Å². The predicted octanol–water partition coefficient (Wildman–Crippen LogP) is 1.44. The van der Waals surface area contributed by atoms with Crippen LogP contribution < -0.4 is 10.6 Å². The van der Waals surface area contributed by atoms with Crippen molar-refractivity contribution < 1.29 is 0 Å². The molecule has 1 unspecified atom stereocenters. The van der Waals surface area contributed by atoms with Crippen molar-refractivity contribution in [2.24, 2.45) is 5.73 Å². The zero-order valence-corrected chi connectivity index (χ0v) is 11.4. The fraction of sp³-hybridized carbons (Fsp3) is 0.545. The van der Waals surface area contributed by atoms with E-state index in [9.17, 15) is 0 Å². The molecule has 0 aromatic carbocycles. The molecule has 1 saturated heterocycles. The molecule has 1 aliphatic rings. The van der Waals surface area contributed by atoms with Crippen LogP contribution in [-0.4, -0.2) is 39.0 Å². The summed E-state index contributed by atoms with van der Waals surface area (Å²) in [5.74, 6) is 1.95. The van der Waals surface area contributed by atoms with Gasteiger partial charge in [0.1, 0.15) is 10.7 Å². The van der Waals surface area contributed by atoms with Crippen molar-refractivity contribution >= 4 is 34.8 Å². The van der Waals surface area contributed by atoms with Gasteiger partial charge < -0.3 is 10.6 Å². The van der Waals surface area contributed by atoms with Crippen molar-refractivity contribution in [3.05, 3.63) is 18.1 Å². The molecule has 92 valence electrons. The van der Waals surface area contributed by atoms with Gasteiger partial charge in [-0.3, -0.25) is 0 Å². The Morgan fingerprint density at radius 1 is 1.59 bits per heavy atom. The molecule has 2 heterocycles. The van der Waals surface area contributed by atoms with Crippen LogP contribution in [0.2, 0.25) is 0 Å². The molecule has 6 heteroatoms. The van der Waals surface area contributed by atoms with Crippen molar-refractivity contribution in [1.82, 2.24) is 9.97 Å². The lowest BCUT2D eigenvalue weighted by Gasteiger charge is -2.33. The van der Waals surface area contributed by atoms with Gasteiger partial charge in [-0.2, -0.15) is 11.8 Å². The van der Waals surface area contributed by atoms with Crippen LogP contribution in [0, 0.1) is 0 Å². The Hall–Kier alpha value is -0.880. The van der Waals surface area contributed by atoms with E-state index in [0.29, 0.717) is 15.9 Å². The molecule has 1 aliphatic heterocycles. The van der Waals surface area contributed by atoms with E-state index in [1.165, 1.54) is 6.42 Å². The second kappa shape index (κ2) is 5.64. The third-order valence-electron chi connectivity index (χ3n) is 2.81. The maximum Gasteiger partial charge on any atom is 0.157 e. The number of rotatable bonds is 3. The Kier molecular flexibility index (Phi) is 4.17. The van der Waals surface area contributed by atoms with Gasteiger partial charge in [-0.05, 0) is 6.42 Å². The Labute approximate surface area is 111 Å². The summed E-state index contributed by atoms with van der Waals surface area (Å²) in [5.41, 5.74) is 6.33. The fourth-order valence-corrected chi connectivity index (χ4v) is 3.22. The third-order valence-corrected chi connectivity index (χ3v) is 4.37. The molecule has 0 spiro atoms. The summed E-state index contributed by atoms with van der Waals surface area (Å²) in [6.45, 7) is 4.19. The number of hydrogen-bond acceptors (Lipinski definition) is 5. The Morgan fingerprint density at radius 2 is 2.35 bits per heavy atom. The normalized spacial score (nSPS) is 20.3. The first kappa shape index (κ1) is 12.6. The largest absolute Gasteiger partial charge is 0.388 e. The van der Waals surface area contributed by atoms with Crippen LogP contribution in [0.4, 0.5) is 5.82 Å². The van der Waals surface area contributed by atoms with E-state index in [1.807, 2.05) is 11.8 Å². The highest BCUT2D eigenvalue weighted by Crippen LogP contribution is 2.25. The van der Waals surface area contributed by atoms with Crippen LogP contribution in [0.1, 0.15) is 19.0 Å². The molecular weight excluding hydrogens is 252 g/mol. The number of anilines is 1. The first-order valence-corrected chi connectivity index (χ1v) is 7.15. The minimum absolute atomic E-state index is 0.319. The van der Waals surface area contributed by atoms with E-state index in [4.69, 9.17) is 18.0 Å². The van der Waals surface area contributed by atoms with Gasteiger partial charge in [0.2, 0.25) is 0 Å². The second-order valence-electron chi connectivity index (χ2n) is 3.94. The molecule has 2 rings (SSSR count). The van der Waals surface area contributed by atoms with E-state index in [-0.39, 0.29) is 0 Å². The van der Waals surface area contributed by atoms with Gasteiger partial charge in [0, 0.05) is 36.5 Å². The van der Waals surface area contributed by atoms with Crippen LogP contribution in [0.25, 0.3) is 0 Å². The van der Waals surface area contributed by atoms with Crippen molar-refractivity contribution in [3.63, 3.8) is 0 Å². The van der Waals surface area contributed by atoms with Crippen LogP contribution in [0.5, 0.6) is 0 Å². The third kappa shape index (κ3) is 2.87. The number of nitrogens with two attached hydrogens (primary N) is 1. The van der Waals surface area contributed by atoms with Gasteiger partial charge in [-0.15, -0.1) is 0 Å². The maximum absolute atomic E-state index is 5.69. The molecule has 1 aromatic heterocycles. The quantitative estimate of drug-likeness (QED) is 0.837. The topological polar surface area (TPSA) is 55.0 Å². The minimum atomic E-state index is 0.319. The molecule has 0 aliphatic carbocycles. The summed E-state index contributed by atoms with van der Waals surface area (Å²) in [7, 11) is 0. The Balaban J connectivity index is 2.24. The molecule has 1 atom stereocenters. The van der Waals surface area contributed by atoms with Gasteiger partial charge in [-0.25, -0.2) is 9.97 Å². The number of thiocarbonyl (C=S) groups is 1. The van der Waals surface area contributed by atoms with Gasteiger partial charge in [0.05, 0.1) is 0 Å². The average molecular weight is 268 g/mol. The molecule has 2 N–H and O–H groups in total. The van der Waals surface area contributed by atoms with Crippen molar-refractivity contribution in [2.45, 2.75) is 18.6 Å². The number of aromatic nitrogens is 2. The second-order valence-corrected chi connectivity index (χ2v) is 5.79. The molecule has 0 amide bonds. The zero-order valence-electron chi connectivity index (χ0n) is 9.80. The lowest BCUT2D eigenvalue weighted by Crippen LogP contribution is -2.39. The van der Waals surface area contributed by atoms with Crippen LogP contribution in [0.15, 0.2) is 12.4 Å². The molecule has 1 fully saturated rings. The molecule has 17 heavy (non-hydrogen) atoms. The Bertz CT molecular complexity index is 410. The van der Waals surface area contributed by atoms with E-state index < -0.39 is 0 Å². The van der Waals surface area contributed by atoms with E-state index in [2.05, 4.69) is 21.8 Å². The molecule has 0 radical (unpaired) electrons. The van der Waals surface area contributed by atoms with E-state index in [1.54, 1.807) is 12.4 Å². The molecule has 4 nitrogen and oxygen atoms in total. The highest BCUT2D eigenvalue weighted by molar-refractivity contribution is 8.00. The summed E-state index contributed by atoms with van der Waals surface area (Å²) in [5, 5.41) is 0.657. The van der Waals surface area contributed by atoms with Crippen LogP contribution in [0.3, 0.4) is 0 Å². The SMILES string of the molecule is CCC1CN(c2nccnc2C(N)=S)CCS1. The van der Waals surface area contributed by atoms with Gasteiger partial charge in [0.15, 0.2) is 5.82 Å². The van der Waals surface area contributed by atoms with Crippen LogP contribution in [-0.2, 0) is 0 Å². The number of hydrogen-bond donors (Lipinski definition) is 1. The maximum atomic E-state index is 5.69. The first-order chi connectivity index (χ1) is 8.22. The highest BCUT2D eigenvalue weighted by Gasteiger charge is 2.23. The summed E-state index contributed by atoms with van der Waals surface area (Å²) in [6, 6.07) is 0. The summed E-state index contributed by atoms with van der Waals surface area (Å²) < 4.78 is 0. The van der Waals surface area contributed by atoms with Crippen LogP contribution >= 0.6 is 24.0 Å². The Morgan fingerprint density at radius 3 is 3.06 bits per heavy atom. The smallest absolute Gasteiger partial charge is 0.157 e. The van der Waals surface area contributed by atoms with Gasteiger partial charge >= 0.3 is 0 Å². The van der Waals surface area contributed by atoms with Crippen molar-refractivity contribution in [1.29, 1.82) is 0 Å². The van der Waals surface area contributed by atoms with Crippen molar-refractivity contribution in [2.75, 3.05) is 23.7 Å². The minimum Gasteiger partial charge on any atom is -0.388 e. The van der Waals surface area contributed by atoms with Crippen molar-refractivity contribution in [3.8, 4) is 0 Å². The predicted molar refractivity (Wildman–Crippen MR) is 76.7 cm³/mol.